The molecule has 38 heavy (non-hydrogen) atoms. The van der Waals surface area contributed by atoms with E-state index in [0.717, 1.165) is 10.8 Å². The fourth-order valence-corrected chi connectivity index (χ4v) is 6.81. The number of nitro benzene ring substituents is 1. The highest BCUT2D eigenvalue weighted by molar-refractivity contribution is 6.24. The number of benzene rings is 4. The van der Waals surface area contributed by atoms with Crippen LogP contribution in [0.5, 0.6) is 0 Å². The van der Waals surface area contributed by atoms with Crippen molar-refractivity contribution in [3.63, 3.8) is 0 Å². The number of aliphatic imine (C=N–C) groups is 1. The standard InChI is InChI=1S/C30H21N3O5/c1-32-17-23(20-13-5-6-16-24(20)33(36)37)29(28(35)38-27(31-29)19-9-3-2-4-10-19)30(32)22-15-8-12-18-11-7-14-21(25(18)22)26(30)34/h2-16,23H,17H2,1H3/t23-,29-,30+/m0/s1. The molecule has 0 bridgehead atoms. The summed E-state index contributed by atoms with van der Waals surface area (Å²) in [5.41, 5.74) is -1.36. The van der Waals surface area contributed by atoms with Crippen molar-refractivity contribution in [2.75, 3.05) is 13.6 Å². The molecule has 1 fully saturated rings. The number of cyclic esters (lactones) is 1. The lowest BCUT2D eigenvalue weighted by Gasteiger charge is -2.40. The molecule has 0 amide bonds. The monoisotopic (exact) mass is 503 g/mol. The highest BCUT2D eigenvalue weighted by Crippen LogP contribution is 2.62. The topological polar surface area (TPSA) is 102 Å². The second kappa shape index (κ2) is 7.66. The van der Waals surface area contributed by atoms with Crippen molar-refractivity contribution in [3.8, 4) is 0 Å². The van der Waals surface area contributed by atoms with Crippen molar-refractivity contribution >= 4 is 34.1 Å². The summed E-state index contributed by atoms with van der Waals surface area (Å²) in [7, 11) is 1.78. The van der Waals surface area contributed by atoms with Crippen molar-refractivity contribution in [1.29, 1.82) is 0 Å². The first-order valence-corrected chi connectivity index (χ1v) is 12.3. The molecule has 0 radical (unpaired) electrons. The Labute approximate surface area is 217 Å². The van der Waals surface area contributed by atoms with E-state index in [1.807, 2.05) is 53.4 Å². The number of carbonyl (C=O) groups is 2. The molecule has 0 unspecified atom stereocenters. The Bertz CT molecular complexity index is 1730. The normalized spacial score (nSPS) is 25.9. The van der Waals surface area contributed by atoms with Gasteiger partial charge in [0, 0.05) is 35.2 Å². The van der Waals surface area contributed by atoms with Crippen molar-refractivity contribution < 1.29 is 19.2 Å². The molecular weight excluding hydrogens is 482 g/mol. The maximum absolute atomic E-state index is 14.6. The third kappa shape index (κ3) is 2.55. The zero-order valence-electron chi connectivity index (χ0n) is 20.3. The first kappa shape index (κ1) is 22.5. The van der Waals surface area contributed by atoms with Gasteiger partial charge >= 0.3 is 5.97 Å². The number of fused-ring (bicyclic) bond motifs is 2. The molecule has 186 valence electrons. The molecular formula is C30H21N3O5. The van der Waals surface area contributed by atoms with Gasteiger partial charge in [0.15, 0.2) is 11.3 Å². The Morgan fingerprint density at radius 3 is 2.42 bits per heavy atom. The van der Waals surface area contributed by atoms with Crippen LogP contribution in [0.2, 0.25) is 0 Å². The molecule has 0 N–H and O–H groups in total. The number of para-hydroxylation sites is 1. The molecule has 2 spiro atoms. The molecule has 2 heterocycles. The Kier molecular flexibility index (Phi) is 4.54. The summed E-state index contributed by atoms with van der Waals surface area (Å²) in [5.74, 6) is -1.67. The third-order valence-corrected chi connectivity index (χ3v) is 8.26. The van der Waals surface area contributed by atoms with Gasteiger partial charge in [0.1, 0.15) is 5.54 Å². The van der Waals surface area contributed by atoms with E-state index in [9.17, 15) is 19.7 Å². The number of nitrogens with zero attached hydrogens (tertiary/aromatic N) is 3. The average Bonchev–Trinajstić information content (AvgIpc) is 3.52. The molecule has 2 aliphatic heterocycles. The van der Waals surface area contributed by atoms with Gasteiger partial charge in [-0.15, -0.1) is 0 Å². The molecule has 3 aliphatic rings. The predicted octanol–water partition coefficient (Wildman–Crippen LogP) is 4.61. The molecule has 1 aliphatic carbocycles. The average molecular weight is 504 g/mol. The number of esters is 1. The SMILES string of the molecule is CN1C[C@@H](c2ccccc2[N+](=O)[O-])[C@@]2(N=C(c3ccccc3)OC2=O)[C@@]12C(=O)c1cccc3cccc2c13. The Hall–Kier alpha value is -4.69. The van der Waals surface area contributed by atoms with Crippen LogP contribution >= 0.6 is 0 Å². The number of hydrogen-bond donors (Lipinski definition) is 0. The quantitative estimate of drug-likeness (QED) is 0.230. The number of carbonyl (C=O) groups excluding carboxylic acids is 2. The summed E-state index contributed by atoms with van der Waals surface area (Å²) in [6.45, 7) is 0.182. The summed E-state index contributed by atoms with van der Waals surface area (Å²) in [4.78, 5) is 47.4. The molecule has 0 saturated carbocycles. The van der Waals surface area contributed by atoms with Gasteiger partial charge in [0.25, 0.3) is 5.69 Å². The fourth-order valence-electron chi connectivity index (χ4n) is 6.81. The molecule has 8 heteroatoms. The molecule has 1 saturated heterocycles. The van der Waals surface area contributed by atoms with Crippen LogP contribution in [-0.2, 0) is 15.1 Å². The molecule has 0 aromatic heterocycles. The number of rotatable bonds is 3. The lowest BCUT2D eigenvalue weighted by atomic mass is 9.66. The first-order valence-electron chi connectivity index (χ1n) is 12.3. The van der Waals surface area contributed by atoms with E-state index in [1.54, 1.807) is 43.4 Å². The number of ether oxygens (including phenoxy) is 1. The third-order valence-electron chi connectivity index (χ3n) is 8.26. The summed E-state index contributed by atoms with van der Waals surface area (Å²) in [6.07, 6.45) is 0. The molecule has 4 aromatic rings. The van der Waals surface area contributed by atoms with Gasteiger partial charge in [-0.05, 0) is 35.5 Å². The van der Waals surface area contributed by atoms with Crippen molar-refractivity contribution in [2.24, 2.45) is 4.99 Å². The van der Waals surface area contributed by atoms with Crippen molar-refractivity contribution in [3.05, 3.63) is 123 Å². The Balaban J connectivity index is 1.59. The highest BCUT2D eigenvalue weighted by Gasteiger charge is 2.77. The first-order chi connectivity index (χ1) is 18.4. The van der Waals surface area contributed by atoms with E-state index >= 15 is 0 Å². The Morgan fingerprint density at radius 2 is 1.66 bits per heavy atom. The van der Waals surface area contributed by atoms with Gasteiger partial charge in [-0.1, -0.05) is 72.8 Å². The zero-order valence-corrected chi connectivity index (χ0v) is 20.3. The predicted molar refractivity (Wildman–Crippen MR) is 140 cm³/mol. The van der Waals surface area contributed by atoms with Crippen LogP contribution in [0.25, 0.3) is 10.8 Å². The maximum atomic E-state index is 14.6. The van der Waals surface area contributed by atoms with E-state index in [1.165, 1.54) is 6.07 Å². The molecule has 3 atom stereocenters. The summed E-state index contributed by atoms with van der Waals surface area (Å²) >= 11 is 0. The summed E-state index contributed by atoms with van der Waals surface area (Å²) < 4.78 is 5.88. The van der Waals surface area contributed by atoms with Crippen LogP contribution in [0.4, 0.5) is 5.69 Å². The van der Waals surface area contributed by atoms with Crippen LogP contribution < -0.4 is 0 Å². The number of ketones is 1. The van der Waals surface area contributed by atoms with Crippen molar-refractivity contribution in [1.82, 2.24) is 4.90 Å². The van der Waals surface area contributed by atoms with Gasteiger partial charge in [-0.2, -0.15) is 0 Å². The van der Waals surface area contributed by atoms with Gasteiger partial charge in [0.2, 0.25) is 5.90 Å². The largest absolute Gasteiger partial charge is 0.405 e. The van der Waals surface area contributed by atoms with Gasteiger partial charge in [-0.3, -0.25) is 19.8 Å². The van der Waals surface area contributed by atoms with Crippen molar-refractivity contribution in [2.45, 2.75) is 17.0 Å². The van der Waals surface area contributed by atoms with Crippen LogP contribution in [0.15, 0.2) is 96.0 Å². The highest BCUT2D eigenvalue weighted by atomic mass is 16.6. The smallest absolute Gasteiger partial charge is 0.344 e. The fraction of sp³-hybridized carbons (Fsp3) is 0.167. The lowest BCUT2D eigenvalue weighted by Crippen LogP contribution is -2.60. The van der Waals surface area contributed by atoms with Crippen LogP contribution in [0.1, 0.15) is 33.0 Å². The second-order valence-electron chi connectivity index (χ2n) is 9.94. The van der Waals surface area contributed by atoms with Gasteiger partial charge in [0.05, 0.1) is 4.92 Å². The van der Waals surface area contributed by atoms with Crippen LogP contribution in [0, 0.1) is 10.1 Å². The summed E-state index contributed by atoms with van der Waals surface area (Å²) in [5, 5.41) is 13.8. The van der Waals surface area contributed by atoms with E-state index in [0.29, 0.717) is 22.3 Å². The van der Waals surface area contributed by atoms with E-state index in [2.05, 4.69) is 0 Å². The number of hydrogen-bond acceptors (Lipinski definition) is 7. The minimum Gasteiger partial charge on any atom is -0.405 e. The van der Waals surface area contributed by atoms with E-state index in [4.69, 9.17) is 9.73 Å². The minimum atomic E-state index is -1.79. The number of likely N-dealkylation sites (tertiary alicyclic amines) is 1. The van der Waals surface area contributed by atoms with Crippen LogP contribution in [-0.4, -0.2) is 46.6 Å². The maximum Gasteiger partial charge on any atom is 0.344 e. The second-order valence-corrected chi connectivity index (χ2v) is 9.94. The number of nitro groups is 1. The minimum absolute atomic E-state index is 0.102. The van der Waals surface area contributed by atoms with E-state index < -0.39 is 27.9 Å². The van der Waals surface area contributed by atoms with Gasteiger partial charge < -0.3 is 4.74 Å². The van der Waals surface area contributed by atoms with E-state index in [-0.39, 0.29) is 23.9 Å². The summed E-state index contributed by atoms with van der Waals surface area (Å²) in [6, 6.07) is 26.6. The molecule has 8 nitrogen and oxygen atoms in total. The molecule has 7 rings (SSSR count). The number of likely N-dealkylation sites (N-methyl/N-ethyl adjacent to an activating group) is 1. The zero-order chi connectivity index (χ0) is 26.2. The number of Topliss-reactive ketones (excluding diaryl/α,β-unsaturated/α-hetero) is 1. The van der Waals surface area contributed by atoms with Gasteiger partial charge in [-0.25, -0.2) is 9.79 Å². The molecule has 4 aromatic carbocycles. The lowest BCUT2D eigenvalue weighted by molar-refractivity contribution is -0.385. The van der Waals surface area contributed by atoms with Crippen LogP contribution in [0.3, 0.4) is 0 Å². The Morgan fingerprint density at radius 1 is 0.947 bits per heavy atom.